The molecule has 0 fully saturated rings. The highest BCUT2D eigenvalue weighted by molar-refractivity contribution is 5.94. The van der Waals surface area contributed by atoms with Gasteiger partial charge < -0.3 is 10.3 Å². The SMILES string of the molecule is O=C(NC(c1cc(F)cc(C(F)(F)F)c1)c1ncccc1F)c1ccc(=O)[nH]c1. The fourth-order valence-electron chi connectivity index (χ4n) is 2.63. The van der Waals surface area contributed by atoms with Gasteiger partial charge in [-0.25, -0.2) is 8.78 Å². The van der Waals surface area contributed by atoms with Gasteiger partial charge in [-0.3, -0.25) is 14.6 Å². The summed E-state index contributed by atoms with van der Waals surface area (Å²) in [6.45, 7) is 0. The first kappa shape index (κ1) is 20.2. The summed E-state index contributed by atoms with van der Waals surface area (Å²) in [4.78, 5) is 29.7. The van der Waals surface area contributed by atoms with Crippen molar-refractivity contribution in [3.8, 4) is 0 Å². The number of aromatic amines is 1. The molecule has 0 bridgehead atoms. The summed E-state index contributed by atoms with van der Waals surface area (Å²) in [5.74, 6) is -2.96. The molecular formula is C19H12F5N3O2. The fraction of sp³-hybridized carbons (Fsp3) is 0.105. The molecule has 5 nitrogen and oxygen atoms in total. The van der Waals surface area contributed by atoms with E-state index in [4.69, 9.17) is 0 Å². The van der Waals surface area contributed by atoms with Gasteiger partial charge in [0.15, 0.2) is 0 Å². The molecule has 2 heterocycles. The number of benzene rings is 1. The zero-order valence-corrected chi connectivity index (χ0v) is 14.4. The van der Waals surface area contributed by atoms with Crippen LogP contribution in [0.25, 0.3) is 0 Å². The Bertz CT molecular complexity index is 1090. The van der Waals surface area contributed by atoms with Gasteiger partial charge in [0.1, 0.15) is 17.3 Å². The number of halogens is 5. The van der Waals surface area contributed by atoms with Crippen LogP contribution in [0, 0.1) is 11.6 Å². The van der Waals surface area contributed by atoms with Gasteiger partial charge in [-0.1, -0.05) is 0 Å². The highest BCUT2D eigenvalue weighted by Crippen LogP contribution is 2.33. The number of nitrogens with one attached hydrogen (secondary N) is 2. The van der Waals surface area contributed by atoms with Crippen molar-refractivity contribution in [1.29, 1.82) is 0 Å². The van der Waals surface area contributed by atoms with Crippen molar-refractivity contribution < 1.29 is 26.7 Å². The summed E-state index contributed by atoms with van der Waals surface area (Å²) >= 11 is 0. The summed E-state index contributed by atoms with van der Waals surface area (Å²) in [5.41, 5.74) is -2.57. The van der Waals surface area contributed by atoms with Crippen LogP contribution in [0.2, 0.25) is 0 Å². The number of alkyl halides is 3. The van der Waals surface area contributed by atoms with Crippen molar-refractivity contribution >= 4 is 5.91 Å². The van der Waals surface area contributed by atoms with E-state index in [0.717, 1.165) is 24.4 Å². The van der Waals surface area contributed by atoms with Gasteiger partial charge in [0.25, 0.3) is 5.91 Å². The lowest BCUT2D eigenvalue weighted by atomic mass is 9.99. The van der Waals surface area contributed by atoms with Crippen molar-refractivity contribution in [1.82, 2.24) is 15.3 Å². The molecule has 0 aliphatic heterocycles. The molecule has 3 aromatic rings. The van der Waals surface area contributed by atoms with E-state index in [9.17, 15) is 31.5 Å². The average molecular weight is 409 g/mol. The van der Waals surface area contributed by atoms with E-state index in [1.807, 2.05) is 0 Å². The smallest absolute Gasteiger partial charge is 0.339 e. The van der Waals surface area contributed by atoms with Gasteiger partial charge in [-0.05, 0) is 42.0 Å². The van der Waals surface area contributed by atoms with E-state index < -0.39 is 46.6 Å². The monoisotopic (exact) mass is 409 g/mol. The fourth-order valence-corrected chi connectivity index (χ4v) is 2.63. The van der Waals surface area contributed by atoms with E-state index in [0.29, 0.717) is 12.1 Å². The Morgan fingerprint density at radius 1 is 1.10 bits per heavy atom. The molecule has 0 saturated carbocycles. The highest BCUT2D eigenvalue weighted by Gasteiger charge is 2.33. The molecule has 1 atom stereocenters. The Morgan fingerprint density at radius 2 is 1.86 bits per heavy atom. The third kappa shape index (κ3) is 4.65. The maximum absolute atomic E-state index is 14.3. The molecule has 150 valence electrons. The van der Waals surface area contributed by atoms with Gasteiger partial charge in [-0.2, -0.15) is 13.2 Å². The number of carbonyl (C=O) groups is 1. The summed E-state index contributed by atoms with van der Waals surface area (Å²) in [7, 11) is 0. The number of hydrogen-bond donors (Lipinski definition) is 2. The Balaban J connectivity index is 2.08. The molecule has 2 N–H and O–H groups in total. The van der Waals surface area contributed by atoms with Gasteiger partial charge in [0.05, 0.1) is 17.2 Å². The minimum Gasteiger partial charge on any atom is -0.339 e. The maximum atomic E-state index is 14.3. The van der Waals surface area contributed by atoms with Gasteiger partial charge in [0.2, 0.25) is 5.56 Å². The van der Waals surface area contributed by atoms with Crippen LogP contribution in [-0.2, 0) is 6.18 Å². The van der Waals surface area contributed by atoms with Crippen LogP contribution in [0.15, 0.2) is 59.7 Å². The average Bonchev–Trinajstić information content (AvgIpc) is 2.66. The van der Waals surface area contributed by atoms with Crippen LogP contribution in [0.3, 0.4) is 0 Å². The molecule has 0 spiro atoms. The molecule has 29 heavy (non-hydrogen) atoms. The number of nitrogens with zero attached hydrogens (tertiary/aromatic N) is 1. The highest BCUT2D eigenvalue weighted by atomic mass is 19.4. The largest absolute Gasteiger partial charge is 0.416 e. The lowest BCUT2D eigenvalue weighted by molar-refractivity contribution is -0.137. The number of H-pyrrole nitrogens is 1. The number of aromatic nitrogens is 2. The number of amides is 1. The van der Waals surface area contributed by atoms with Crippen LogP contribution < -0.4 is 10.9 Å². The van der Waals surface area contributed by atoms with Crippen LogP contribution >= 0.6 is 0 Å². The summed E-state index contributed by atoms with van der Waals surface area (Å²) in [6, 6.07) is 4.63. The standard InChI is InChI=1S/C19H12F5N3O2/c20-13-7-11(6-12(8-13)19(22,23)24)16(17-14(21)2-1-5-25-17)27-18(29)10-3-4-15(28)26-9-10/h1-9,16H,(H,26,28)(H,27,29). The van der Waals surface area contributed by atoms with Crippen LogP contribution in [-0.4, -0.2) is 15.9 Å². The molecular weight excluding hydrogens is 397 g/mol. The number of pyridine rings is 2. The number of rotatable bonds is 4. The lowest BCUT2D eigenvalue weighted by Crippen LogP contribution is -2.31. The zero-order valence-electron chi connectivity index (χ0n) is 14.4. The second kappa shape index (κ2) is 7.82. The molecule has 0 radical (unpaired) electrons. The van der Waals surface area contributed by atoms with Crippen molar-refractivity contribution in [2.45, 2.75) is 12.2 Å². The normalized spacial score (nSPS) is 12.4. The first-order valence-electron chi connectivity index (χ1n) is 8.13. The van der Waals surface area contributed by atoms with E-state index in [1.165, 1.54) is 18.3 Å². The topological polar surface area (TPSA) is 74.8 Å². The van der Waals surface area contributed by atoms with Gasteiger partial charge in [0, 0.05) is 18.5 Å². The maximum Gasteiger partial charge on any atom is 0.416 e. The molecule has 0 aliphatic carbocycles. The quantitative estimate of drug-likeness (QED) is 0.647. The molecule has 2 aromatic heterocycles. The van der Waals surface area contributed by atoms with Crippen molar-refractivity contribution in [3.05, 3.63) is 99.2 Å². The molecule has 1 amide bonds. The minimum absolute atomic E-state index is 0.0432. The number of carbonyl (C=O) groups excluding carboxylic acids is 1. The Labute approximate surface area is 160 Å². The third-order valence-corrected chi connectivity index (χ3v) is 3.96. The molecule has 0 aliphatic rings. The van der Waals surface area contributed by atoms with E-state index in [-0.39, 0.29) is 11.1 Å². The minimum atomic E-state index is -4.85. The molecule has 3 rings (SSSR count). The van der Waals surface area contributed by atoms with E-state index in [1.54, 1.807) is 0 Å². The first-order valence-corrected chi connectivity index (χ1v) is 8.13. The predicted octanol–water partition coefficient (Wildman–Crippen LogP) is 3.59. The third-order valence-electron chi connectivity index (χ3n) is 3.96. The van der Waals surface area contributed by atoms with Crippen LogP contribution in [0.5, 0.6) is 0 Å². The predicted molar refractivity (Wildman–Crippen MR) is 92.0 cm³/mol. The second-order valence-corrected chi connectivity index (χ2v) is 5.99. The first-order chi connectivity index (χ1) is 13.6. The summed E-state index contributed by atoms with van der Waals surface area (Å²) in [6.07, 6.45) is -2.59. The van der Waals surface area contributed by atoms with Crippen molar-refractivity contribution in [2.75, 3.05) is 0 Å². The van der Waals surface area contributed by atoms with Gasteiger partial charge >= 0.3 is 6.18 Å². The Hall–Kier alpha value is -3.56. The summed E-state index contributed by atoms with van der Waals surface area (Å²) in [5, 5.41) is 2.33. The van der Waals surface area contributed by atoms with E-state index in [2.05, 4.69) is 15.3 Å². The molecule has 1 aromatic carbocycles. The van der Waals surface area contributed by atoms with Crippen molar-refractivity contribution in [2.24, 2.45) is 0 Å². The van der Waals surface area contributed by atoms with Crippen molar-refractivity contribution in [3.63, 3.8) is 0 Å². The van der Waals surface area contributed by atoms with E-state index >= 15 is 0 Å². The molecule has 1 unspecified atom stereocenters. The lowest BCUT2D eigenvalue weighted by Gasteiger charge is -2.21. The van der Waals surface area contributed by atoms with Crippen LogP contribution in [0.1, 0.15) is 33.2 Å². The second-order valence-electron chi connectivity index (χ2n) is 5.99. The molecule has 10 heteroatoms. The Kier molecular flexibility index (Phi) is 5.44. The number of hydrogen-bond acceptors (Lipinski definition) is 3. The molecule has 0 saturated heterocycles. The summed E-state index contributed by atoms with van der Waals surface area (Å²) < 4.78 is 67.4. The van der Waals surface area contributed by atoms with Gasteiger partial charge in [-0.15, -0.1) is 0 Å². The Morgan fingerprint density at radius 3 is 2.48 bits per heavy atom. The van der Waals surface area contributed by atoms with Crippen LogP contribution in [0.4, 0.5) is 22.0 Å². The zero-order chi connectivity index (χ0) is 21.2.